The van der Waals surface area contributed by atoms with Crippen LogP contribution < -0.4 is 5.32 Å². The summed E-state index contributed by atoms with van der Waals surface area (Å²) in [6.07, 6.45) is 0.0462. The molecule has 2 aromatic rings. The fourth-order valence-electron chi connectivity index (χ4n) is 2.12. The van der Waals surface area contributed by atoms with E-state index in [4.69, 9.17) is 4.74 Å². The van der Waals surface area contributed by atoms with Crippen LogP contribution in [0.15, 0.2) is 48.5 Å². The Bertz CT molecular complexity index is 771. The number of carbonyl (C=O) groups excluding carboxylic acids is 2. The molecule has 2 aromatic carbocycles. The number of non-ortho nitro benzene ring substituents is 1. The SMILES string of the molecule is Cc1ccccc1COC(=O)CCNC(=O)c1ccc([N+](=O)[O-])cc1. The summed E-state index contributed by atoms with van der Waals surface area (Å²) in [4.78, 5) is 33.6. The molecule has 7 heteroatoms. The minimum absolute atomic E-state index is 0.0462. The van der Waals surface area contributed by atoms with Crippen LogP contribution in [0.3, 0.4) is 0 Å². The second-order valence-electron chi connectivity index (χ2n) is 5.40. The third kappa shape index (κ3) is 5.42. The zero-order valence-corrected chi connectivity index (χ0v) is 13.7. The molecule has 0 bridgehead atoms. The number of hydrogen-bond acceptors (Lipinski definition) is 5. The molecular weight excluding hydrogens is 324 g/mol. The second-order valence-corrected chi connectivity index (χ2v) is 5.40. The van der Waals surface area contributed by atoms with Gasteiger partial charge in [-0.1, -0.05) is 24.3 Å². The number of benzene rings is 2. The molecule has 0 aromatic heterocycles. The largest absolute Gasteiger partial charge is 0.461 e. The van der Waals surface area contributed by atoms with Gasteiger partial charge in [-0.25, -0.2) is 0 Å². The summed E-state index contributed by atoms with van der Waals surface area (Å²) >= 11 is 0. The van der Waals surface area contributed by atoms with E-state index >= 15 is 0 Å². The molecule has 0 saturated heterocycles. The lowest BCUT2D eigenvalue weighted by atomic mass is 10.1. The molecule has 130 valence electrons. The Hall–Kier alpha value is -3.22. The molecule has 0 spiro atoms. The fourth-order valence-corrected chi connectivity index (χ4v) is 2.12. The molecule has 0 atom stereocenters. The van der Waals surface area contributed by atoms with Crippen molar-refractivity contribution >= 4 is 17.6 Å². The van der Waals surface area contributed by atoms with E-state index in [1.807, 2.05) is 31.2 Å². The van der Waals surface area contributed by atoms with Gasteiger partial charge in [-0.15, -0.1) is 0 Å². The molecule has 25 heavy (non-hydrogen) atoms. The lowest BCUT2D eigenvalue weighted by molar-refractivity contribution is -0.384. The average Bonchev–Trinajstić information content (AvgIpc) is 2.61. The second kappa shape index (κ2) is 8.58. The molecule has 2 rings (SSSR count). The molecular formula is C18H18N2O5. The highest BCUT2D eigenvalue weighted by Crippen LogP contribution is 2.12. The first-order valence-corrected chi connectivity index (χ1v) is 7.70. The van der Waals surface area contributed by atoms with Crippen LogP contribution in [0, 0.1) is 17.0 Å². The number of hydrogen-bond donors (Lipinski definition) is 1. The summed E-state index contributed by atoms with van der Waals surface area (Å²) < 4.78 is 5.17. The van der Waals surface area contributed by atoms with E-state index in [1.54, 1.807) is 0 Å². The Labute approximate surface area is 144 Å². The van der Waals surface area contributed by atoms with Crippen LogP contribution in [-0.2, 0) is 16.1 Å². The Kier molecular flexibility index (Phi) is 6.22. The minimum Gasteiger partial charge on any atom is -0.461 e. The molecule has 7 nitrogen and oxygen atoms in total. The topological polar surface area (TPSA) is 98.5 Å². The summed E-state index contributed by atoms with van der Waals surface area (Å²) in [7, 11) is 0. The first-order chi connectivity index (χ1) is 12.0. The van der Waals surface area contributed by atoms with Crippen molar-refractivity contribution in [3.8, 4) is 0 Å². The molecule has 0 aliphatic carbocycles. The van der Waals surface area contributed by atoms with Crippen molar-refractivity contribution in [3.05, 3.63) is 75.3 Å². The van der Waals surface area contributed by atoms with E-state index in [9.17, 15) is 19.7 Å². The van der Waals surface area contributed by atoms with Crippen LogP contribution in [0.25, 0.3) is 0 Å². The van der Waals surface area contributed by atoms with Crippen LogP contribution in [0.4, 0.5) is 5.69 Å². The molecule has 0 aliphatic heterocycles. The highest BCUT2D eigenvalue weighted by Gasteiger charge is 2.10. The lowest BCUT2D eigenvalue weighted by Gasteiger charge is -2.08. The predicted molar refractivity (Wildman–Crippen MR) is 91.0 cm³/mol. The fraction of sp³-hybridized carbons (Fsp3) is 0.222. The summed E-state index contributed by atoms with van der Waals surface area (Å²) in [6, 6.07) is 12.9. The van der Waals surface area contributed by atoms with Gasteiger partial charge in [0.1, 0.15) is 6.61 Å². The monoisotopic (exact) mass is 342 g/mol. The molecule has 0 radical (unpaired) electrons. The summed E-state index contributed by atoms with van der Waals surface area (Å²) in [5, 5.41) is 13.1. The van der Waals surface area contributed by atoms with Gasteiger partial charge >= 0.3 is 5.97 Å². The normalized spacial score (nSPS) is 10.1. The number of nitrogens with zero attached hydrogens (tertiary/aromatic N) is 1. The number of nitrogens with one attached hydrogen (secondary N) is 1. The Balaban J connectivity index is 1.74. The third-order valence-electron chi connectivity index (χ3n) is 3.60. The molecule has 0 unspecified atom stereocenters. The molecule has 0 aliphatic rings. The van der Waals surface area contributed by atoms with Crippen molar-refractivity contribution in [1.82, 2.24) is 5.32 Å². The van der Waals surface area contributed by atoms with E-state index in [0.717, 1.165) is 11.1 Å². The number of ether oxygens (including phenoxy) is 1. The summed E-state index contributed by atoms with van der Waals surface area (Å²) in [6.45, 7) is 2.26. The standard InChI is InChI=1S/C18H18N2O5/c1-13-4-2-3-5-15(13)12-25-17(21)10-11-19-18(22)14-6-8-16(9-7-14)20(23)24/h2-9H,10-12H2,1H3,(H,19,22). The van der Waals surface area contributed by atoms with Crippen molar-refractivity contribution in [2.24, 2.45) is 0 Å². The summed E-state index contributed by atoms with van der Waals surface area (Å²) in [5.41, 5.74) is 2.18. The number of nitro benzene ring substituents is 1. The van der Waals surface area contributed by atoms with E-state index in [0.29, 0.717) is 5.56 Å². The van der Waals surface area contributed by atoms with Crippen LogP contribution in [-0.4, -0.2) is 23.3 Å². The number of rotatable bonds is 7. The van der Waals surface area contributed by atoms with Crippen LogP contribution >= 0.6 is 0 Å². The molecule has 0 heterocycles. The summed E-state index contributed by atoms with van der Waals surface area (Å²) in [5.74, 6) is -0.811. The van der Waals surface area contributed by atoms with Gasteiger partial charge in [0.25, 0.3) is 11.6 Å². The van der Waals surface area contributed by atoms with Gasteiger partial charge in [0.15, 0.2) is 0 Å². The number of aryl methyl sites for hydroxylation is 1. The molecule has 0 fully saturated rings. The van der Waals surface area contributed by atoms with Crippen LogP contribution in [0.2, 0.25) is 0 Å². The molecule has 1 amide bonds. The van der Waals surface area contributed by atoms with E-state index in [1.165, 1.54) is 24.3 Å². The minimum atomic E-state index is -0.536. The Morgan fingerprint density at radius 1 is 1.12 bits per heavy atom. The maximum atomic E-state index is 11.9. The number of esters is 1. The maximum absolute atomic E-state index is 11.9. The van der Waals surface area contributed by atoms with E-state index < -0.39 is 16.8 Å². The first kappa shape index (κ1) is 18.1. The van der Waals surface area contributed by atoms with Crippen molar-refractivity contribution in [3.63, 3.8) is 0 Å². The molecule has 1 N–H and O–H groups in total. The Morgan fingerprint density at radius 3 is 2.44 bits per heavy atom. The van der Waals surface area contributed by atoms with Crippen molar-refractivity contribution in [2.45, 2.75) is 20.0 Å². The van der Waals surface area contributed by atoms with Gasteiger partial charge in [-0.2, -0.15) is 0 Å². The third-order valence-corrected chi connectivity index (χ3v) is 3.60. The van der Waals surface area contributed by atoms with E-state index in [-0.39, 0.29) is 25.3 Å². The number of amides is 1. The number of carbonyl (C=O) groups is 2. The van der Waals surface area contributed by atoms with Gasteiger partial charge in [-0.05, 0) is 30.2 Å². The quantitative estimate of drug-likeness (QED) is 0.474. The highest BCUT2D eigenvalue weighted by molar-refractivity contribution is 5.94. The smallest absolute Gasteiger partial charge is 0.307 e. The van der Waals surface area contributed by atoms with Gasteiger partial charge < -0.3 is 10.1 Å². The van der Waals surface area contributed by atoms with Gasteiger partial charge in [-0.3, -0.25) is 19.7 Å². The lowest BCUT2D eigenvalue weighted by Crippen LogP contribution is -2.26. The van der Waals surface area contributed by atoms with Crippen LogP contribution in [0.1, 0.15) is 27.9 Å². The molecule has 0 saturated carbocycles. The maximum Gasteiger partial charge on any atom is 0.307 e. The highest BCUT2D eigenvalue weighted by atomic mass is 16.6. The van der Waals surface area contributed by atoms with Crippen molar-refractivity contribution in [1.29, 1.82) is 0 Å². The van der Waals surface area contributed by atoms with Gasteiger partial charge in [0.2, 0.25) is 0 Å². The first-order valence-electron chi connectivity index (χ1n) is 7.70. The van der Waals surface area contributed by atoms with Gasteiger partial charge in [0.05, 0.1) is 11.3 Å². The number of nitro groups is 1. The van der Waals surface area contributed by atoms with E-state index in [2.05, 4.69) is 5.32 Å². The average molecular weight is 342 g/mol. The Morgan fingerprint density at radius 2 is 1.80 bits per heavy atom. The zero-order chi connectivity index (χ0) is 18.2. The predicted octanol–water partition coefficient (Wildman–Crippen LogP) is 2.77. The van der Waals surface area contributed by atoms with Crippen molar-refractivity contribution < 1.29 is 19.2 Å². The van der Waals surface area contributed by atoms with Crippen molar-refractivity contribution in [2.75, 3.05) is 6.54 Å². The van der Waals surface area contributed by atoms with Gasteiger partial charge in [0, 0.05) is 24.2 Å². The van der Waals surface area contributed by atoms with Crippen LogP contribution in [0.5, 0.6) is 0 Å². The zero-order valence-electron chi connectivity index (χ0n) is 13.7.